The van der Waals surface area contributed by atoms with Crippen LogP contribution in [0.5, 0.6) is 0 Å². The largest absolute Gasteiger partial charge is 0.351 e. The van der Waals surface area contributed by atoms with E-state index in [0.717, 1.165) is 0 Å². The Labute approximate surface area is 60.2 Å². The number of carbonyl (C=O) groups excluding carboxylic acids is 1. The molecule has 4 N–H and O–H groups in total. The molecule has 0 aliphatic carbocycles. The van der Waals surface area contributed by atoms with Crippen molar-refractivity contribution >= 4 is 6.03 Å². The van der Waals surface area contributed by atoms with Crippen molar-refractivity contribution < 1.29 is 4.79 Å². The van der Waals surface area contributed by atoms with Crippen molar-refractivity contribution in [3.05, 3.63) is 0 Å². The minimum atomic E-state index is -0.361. The fraction of sp³-hybridized carbons (Fsp3) is 0.833. The van der Waals surface area contributed by atoms with Gasteiger partial charge in [-0.15, -0.1) is 0 Å². The third-order valence-corrected chi connectivity index (χ3v) is 1.98. The summed E-state index contributed by atoms with van der Waals surface area (Å²) in [5, 5.41) is 0. The van der Waals surface area contributed by atoms with Crippen molar-refractivity contribution in [2.24, 2.45) is 17.4 Å². The number of carbonyl (C=O) groups is 1. The van der Waals surface area contributed by atoms with E-state index in [9.17, 15) is 4.79 Å². The Balaban J connectivity index is 2.49. The van der Waals surface area contributed by atoms with Gasteiger partial charge in [0.25, 0.3) is 0 Å². The van der Waals surface area contributed by atoms with Crippen molar-refractivity contribution in [1.29, 1.82) is 0 Å². The van der Waals surface area contributed by atoms with Crippen LogP contribution in [0.25, 0.3) is 0 Å². The molecular formula is C6H13N3O. The lowest BCUT2D eigenvalue weighted by atomic mass is 10.1. The van der Waals surface area contributed by atoms with Crippen LogP contribution in [0.2, 0.25) is 0 Å². The molecule has 4 heteroatoms. The quantitative estimate of drug-likeness (QED) is 0.472. The smallest absolute Gasteiger partial charge is 0.314 e. The first-order valence-electron chi connectivity index (χ1n) is 3.41. The summed E-state index contributed by atoms with van der Waals surface area (Å²) in [6, 6.07) is -0.257. The Morgan fingerprint density at radius 2 is 2.20 bits per heavy atom. The molecule has 0 radical (unpaired) electrons. The Kier molecular flexibility index (Phi) is 1.80. The van der Waals surface area contributed by atoms with Gasteiger partial charge in [0.2, 0.25) is 0 Å². The minimum Gasteiger partial charge on any atom is -0.351 e. The third kappa shape index (κ3) is 1.21. The molecule has 1 fully saturated rings. The van der Waals surface area contributed by atoms with Gasteiger partial charge in [-0.1, -0.05) is 6.92 Å². The Morgan fingerprint density at radius 3 is 2.40 bits per heavy atom. The maximum atomic E-state index is 10.6. The fourth-order valence-electron chi connectivity index (χ4n) is 1.17. The van der Waals surface area contributed by atoms with Gasteiger partial charge in [-0.25, -0.2) is 4.79 Å². The SMILES string of the molecule is CC1CN(C(N)=O)CC1N. The average Bonchev–Trinajstić information content (AvgIpc) is 2.13. The Hall–Kier alpha value is -0.770. The van der Waals surface area contributed by atoms with Crippen LogP contribution in [0, 0.1) is 5.92 Å². The maximum Gasteiger partial charge on any atom is 0.314 e. The van der Waals surface area contributed by atoms with Gasteiger partial charge in [0.15, 0.2) is 0 Å². The number of nitrogens with zero attached hydrogens (tertiary/aromatic N) is 1. The highest BCUT2D eigenvalue weighted by Crippen LogP contribution is 2.13. The molecule has 2 unspecified atom stereocenters. The number of hydrogen-bond acceptors (Lipinski definition) is 2. The van der Waals surface area contributed by atoms with Gasteiger partial charge in [-0.3, -0.25) is 0 Å². The molecule has 0 aromatic heterocycles. The number of urea groups is 1. The Bertz CT molecular complexity index is 138. The van der Waals surface area contributed by atoms with Gasteiger partial charge in [0.05, 0.1) is 0 Å². The van der Waals surface area contributed by atoms with Crippen molar-refractivity contribution in [3.8, 4) is 0 Å². The lowest BCUT2D eigenvalue weighted by Crippen LogP contribution is -2.35. The molecule has 2 amide bonds. The number of likely N-dealkylation sites (tertiary alicyclic amines) is 1. The van der Waals surface area contributed by atoms with E-state index < -0.39 is 0 Å². The van der Waals surface area contributed by atoms with Crippen LogP contribution in [0.15, 0.2) is 0 Å². The highest BCUT2D eigenvalue weighted by molar-refractivity contribution is 5.72. The zero-order valence-electron chi connectivity index (χ0n) is 6.08. The van der Waals surface area contributed by atoms with Crippen molar-refractivity contribution in [3.63, 3.8) is 0 Å². The summed E-state index contributed by atoms with van der Waals surface area (Å²) in [7, 11) is 0. The summed E-state index contributed by atoms with van der Waals surface area (Å²) in [5.74, 6) is 0.382. The molecule has 1 aliphatic rings. The van der Waals surface area contributed by atoms with E-state index in [1.165, 1.54) is 0 Å². The minimum absolute atomic E-state index is 0.104. The first-order chi connectivity index (χ1) is 4.61. The van der Waals surface area contributed by atoms with Crippen molar-refractivity contribution in [1.82, 2.24) is 4.90 Å². The average molecular weight is 143 g/mol. The monoisotopic (exact) mass is 143 g/mol. The second-order valence-corrected chi connectivity index (χ2v) is 2.88. The highest BCUT2D eigenvalue weighted by atomic mass is 16.2. The second-order valence-electron chi connectivity index (χ2n) is 2.88. The van der Waals surface area contributed by atoms with E-state index in [0.29, 0.717) is 19.0 Å². The summed E-state index contributed by atoms with van der Waals surface area (Å²) >= 11 is 0. The standard InChI is InChI=1S/C6H13N3O/c1-4-2-9(6(8)10)3-5(4)7/h4-5H,2-3,7H2,1H3,(H2,8,10). The molecule has 4 nitrogen and oxygen atoms in total. The van der Waals surface area contributed by atoms with Crippen LogP contribution in [0.3, 0.4) is 0 Å². The number of primary amides is 1. The zero-order chi connectivity index (χ0) is 7.72. The molecule has 2 atom stereocenters. The van der Waals surface area contributed by atoms with E-state index >= 15 is 0 Å². The van der Waals surface area contributed by atoms with Crippen molar-refractivity contribution in [2.75, 3.05) is 13.1 Å². The van der Waals surface area contributed by atoms with Crippen LogP contribution in [-0.2, 0) is 0 Å². The molecular weight excluding hydrogens is 130 g/mol. The van der Waals surface area contributed by atoms with Crippen LogP contribution >= 0.6 is 0 Å². The molecule has 0 aromatic rings. The van der Waals surface area contributed by atoms with Gasteiger partial charge in [0, 0.05) is 19.1 Å². The molecule has 0 saturated carbocycles. The van der Waals surface area contributed by atoms with E-state index in [-0.39, 0.29) is 12.1 Å². The van der Waals surface area contributed by atoms with Gasteiger partial charge in [-0.05, 0) is 5.92 Å². The van der Waals surface area contributed by atoms with Gasteiger partial charge in [0.1, 0.15) is 0 Å². The predicted molar refractivity (Wildman–Crippen MR) is 38.3 cm³/mol. The fourth-order valence-corrected chi connectivity index (χ4v) is 1.17. The lowest BCUT2D eigenvalue weighted by Gasteiger charge is -2.10. The number of amides is 2. The summed E-state index contributed by atoms with van der Waals surface area (Å²) in [6.07, 6.45) is 0. The number of rotatable bonds is 0. The predicted octanol–water partition coefficient (Wildman–Crippen LogP) is -0.656. The number of nitrogens with two attached hydrogens (primary N) is 2. The van der Waals surface area contributed by atoms with Gasteiger partial charge < -0.3 is 16.4 Å². The molecule has 1 saturated heterocycles. The van der Waals surface area contributed by atoms with Crippen molar-refractivity contribution in [2.45, 2.75) is 13.0 Å². The first-order valence-corrected chi connectivity index (χ1v) is 3.41. The van der Waals surface area contributed by atoms with Crippen LogP contribution < -0.4 is 11.5 Å². The topological polar surface area (TPSA) is 72.3 Å². The summed E-state index contributed by atoms with van der Waals surface area (Å²) < 4.78 is 0. The second kappa shape index (κ2) is 2.46. The molecule has 1 aliphatic heterocycles. The maximum absolute atomic E-state index is 10.6. The summed E-state index contributed by atoms with van der Waals surface area (Å²) in [5.41, 5.74) is 10.7. The van der Waals surface area contributed by atoms with E-state index in [1.807, 2.05) is 6.92 Å². The summed E-state index contributed by atoms with van der Waals surface area (Å²) in [6.45, 7) is 3.33. The van der Waals surface area contributed by atoms with Crippen LogP contribution in [-0.4, -0.2) is 30.1 Å². The molecule has 10 heavy (non-hydrogen) atoms. The molecule has 58 valence electrons. The third-order valence-electron chi connectivity index (χ3n) is 1.98. The highest BCUT2D eigenvalue weighted by Gasteiger charge is 2.28. The summed E-state index contributed by atoms with van der Waals surface area (Å²) in [4.78, 5) is 12.2. The van der Waals surface area contributed by atoms with Gasteiger partial charge in [-0.2, -0.15) is 0 Å². The Morgan fingerprint density at radius 1 is 1.60 bits per heavy atom. The van der Waals surface area contributed by atoms with E-state index in [2.05, 4.69) is 0 Å². The first kappa shape index (κ1) is 7.34. The van der Waals surface area contributed by atoms with Gasteiger partial charge >= 0.3 is 6.03 Å². The molecule has 0 aromatic carbocycles. The zero-order valence-corrected chi connectivity index (χ0v) is 6.08. The van der Waals surface area contributed by atoms with Crippen LogP contribution in [0.1, 0.15) is 6.92 Å². The lowest BCUT2D eigenvalue weighted by molar-refractivity contribution is 0.217. The van der Waals surface area contributed by atoms with E-state index in [4.69, 9.17) is 11.5 Å². The number of hydrogen-bond donors (Lipinski definition) is 2. The molecule has 0 bridgehead atoms. The normalized spacial score (nSPS) is 32.8. The molecule has 1 heterocycles. The van der Waals surface area contributed by atoms with Crippen LogP contribution in [0.4, 0.5) is 4.79 Å². The van der Waals surface area contributed by atoms with E-state index in [1.54, 1.807) is 4.90 Å². The molecule has 1 rings (SSSR count). The molecule has 0 spiro atoms.